The van der Waals surface area contributed by atoms with E-state index in [1.54, 1.807) is 0 Å². The zero-order valence-corrected chi connectivity index (χ0v) is 12.3. The highest BCUT2D eigenvalue weighted by molar-refractivity contribution is 5.18. The van der Waals surface area contributed by atoms with Gasteiger partial charge in [0.2, 0.25) is 0 Å². The Morgan fingerprint density at radius 2 is 1.89 bits per heavy atom. The number of hydrogen-bond acceptors (Lipinski definition) is 2. The molecule has 18 heavy (non-hydrogen) atoms. The van der Waals surface area contributed by atoms with Crippen molar-refractivity contribution in [2.24, 2.45) is 0 Å². The highest BCUT2D eigenvalue weighted by Crippen LogP contribution is 2.13. The van der Waals surface area contributed by atoms with E-state index in [0.29, 0.717) is 18.5 Å². The van der Waals surface area contributed by atoms with E-state index in [1.807, 2.05) is 10.6 Å². The summed E-state index contributed by atoms with van der Waals surface area (Å²) in [5.74, 6) is 0.386. The van der Waals surface area contributed by atoms with Crippen molar-refractivity contribution in [3.8, 4) is 0 Å². The quantitative estimate of drug-likeness (QED) is 0.842. The number of nitrogens with zero attached hydrogens (tertiary/aromatic N) is 1. The Morgan fingerprint density at radius 1 is 1.22 bits per heavy atom. The minimum absolute atomic E-state index is 0.163. The summed E-state index contributed by atoms with van der Waals surface area (Å²) in [6.45, 7) is 12.0. The molecule has 0 unspecified atom stereocenters. The van der Waals surface area contributed by atoms with Crippen molar-refractivity contribution in [3.63, 3.8) is 0 Å². The van der Waals surface area contributed by atoms with Crippen molar-refractivity contribution < 1.29 is 0 Å². The van der Waals surface area contributed by atoms with Crippen molar-refractivity contribution >= 4 is 0 Å². The van der Waals surface area contributed by atoms with Gasteiger partial charge in [-0.1, -0.05) is 40.7 Å². The van der Waals surface area contributed by atoms with Gasteiger partial charge in [-0.25, -0.2) is 0 Å². The second-order valence-electron chi connectivity index (χ2n) is 5.43. The van der Waals surface area contributed by atoms with Crippen molar-refractivity contribution in [1.29, 1.82) is 0 Å². The monoisotopic (exact) mass is 250 g/mol. The van der Waals surface area contributed by atoms with Crippen LogP contribution in [0.25, 0.3) is 0 Å². The first-order chi connectivity index (χ1) is 8.47. The molecule has 0 saturated heterocycles. The van der Waals surface area contributed by atoms with Crippen molar-refractivity contribution in [1.82, 2.24) is 9.88 Å². The summed E-state index contributed by atoms with van der Waals surface area (Å²) in [7, 11) is 0. The number of rotatable bonds is 6. The summed E-state index contributed by atoms with van der Waals surface area (Å²) in [6, 6.07) is 4.46. The molecule has 0 bridgehead atoms. The van der Waals surface area contributed by atoms with Gasteiger partial charge in [0.1, 0.15) is 0 Å². The Balaban J connectivity index is 3.09. The second-order valence-corrected chi connectivity index (χ2v) is 5.43. The average molecular weight is 250 g/mol. The van der Waals surface area contributed by atoms with E-state index in [-0.39, 0.29) is 5.56 Å². The fourth-order valence-corrected chi connectivity index (χ4v) is 2.04. The van der Waals surface area contributed by atoms with Gasteiger partial charge in [-0.3, -0.25) is 4.79 Å². The maximum Gasteiger partial charge on any atom is 0.255 e. The fourth-order valence-electron chi connectivity index (χ4n) is 2.04. The van der Waals surface area contributed by atoms with Crippen LogP contribution in [0.15, 0.2) is 16.9 Å². The van der Waals surface area contributed by atoms with Crippen LogP contribution in [0, 0.1) is 0 Å². The van der Waals surface area contributed by atoms with Gasteiger partial charge < -0.3 is 9.88 Å². The van der Waals surface area contributed by atoms with Gasteiger partial charge in [-0.2, -0.15) is 0 Å². The summed E-state index contributed by atoms with van der Waals surface area (Å²) in [4.78, 5) is 12.4. The lowest BCUT2D eigenvalue weighted by molar-refractivity contribution is 0.561. The van der Waals surface area contributed by atoms with Crippen LogP contribution in [0.4, 0.5) is 0 Å². The number of nitrogens with one attached hydrogen (secondary N) is 1. The molecule has 0 saturated carbocycles. The number of aromatic nitrogens is 1. The van der Waals surface area contributed by atoms with Crippen LogP contribution in [-0.4, -0.2) is 10.6 Å². The highest BCUT2D eigenvalue weighted by atomic mass is 16.1. The van der Waals surface area contributed by atoms with E-state index in [0.717, 1.165) is 24.2 Å². The molecular weight excluding hydrogens is 224 g/mol. The van der Waals surface area contributed by atoms with Gasteiger partial charge in [-0.15, -0.1) is 0 Å². The minimum Gasteiger partial charge on any atom is -0.312 e. The normalized spacial score (nSPS) is 11.5. The van der Waals surface area contributed by atoms with Crippen LogP contribution in [0.3, 0.4) is 0 Å². The predicted octanol–water partition coefficient (Wildman–Crippen LogP) is 2.88. The molecule has 0 spiro atoms. The van der Waals surface area contributed by atoms with E-state index in [1.165, 1.54) is 0 Å². The van der Waals surface area contributed by atoms with E-state index >= 15 is 0 Å². The third kappa shape index (κ3) is 3.70. The first kappa shape index (κ1) is 15.0. The Kier molecular flexibility index (Phi) is 5.60. The molecule has 3 heteroatoms. The molecule has 3 nitrogen and oxygen atoms in total. The Bertz CT molecular complexity index is 433. The molecule has 0 aliphatic carbocycles. The van der Waals surface area contributed by atoms with Crippen LogP contribution in [0.2, 0.25) is 0 Å². The molecule has 0 aliphatic rings. The Hall–Kier alpha value is -1.09. The zero-order valence-electron chi connectivity index (χ0n) is 12.3. The lowest BCUT2D eigenvalue weighted by atomic mass is 10.1. The predicted molar refractivity (Wildman–Crippen MR) is 77.1 cm³/mol. The van der Waals surface area contributed by atoms with Crippen molar-refractivity contribution in [2.45, 2.75) is 66.1 Å². The first-order valence-electron chi connectivity index (χ1n) is 6.93. The molecule has 0 aromatic carbocycles. The lowest BCUT2D eigenvalue weighted by Gasteiger charge is -2.17. The maximum absolute atomic E-state index is 12.4. The van der Waals surface area contributed by atoms with Crippen molar-refractivity contribution in [3.05, 3.63) is 33.7 Å². The summed E-state index contributed by atoms with van der Waals surface area (Å²) < 4.78 is 1.93. The molecule has 1 N–H and O–H groups in total. The fraction of sp³-hybridized carbons (Fsp3) is 0.667. The van der Waals surface area contributed by atoms with Gasteiger partial charge >= 0.3 is 0 Å². The van der Waals surface area contributed by atoms with Gasteiger partial charge in [0, 0.05) is 30.4 Å². The first-order valence-corrected chi connectivity index (χ1v) is 6.93. The molecular formula is C15H26N2O. The van der Waals surface area contributed by atoms with Gasteiger partial charge in [0.05, 0.1) is 0 Å². The topological polar surface area (TPSA) is 34.0 Å². The summed E-state index contributed by atoms with van der Waals surface area (Å²) in [6.07, 6.45) is 0.987. The molecule has 0 radical (unpaired) electrons. The minimum atomic E-state index is 0.163. The van der Waals surface area contributed by atoms with E-state index in [2.05, 4.69) is 46.0 Å². The lowest BCUT2D eigenvalue weighted by Crippen LogP contribution is -2.31. The van der Waals surface area contributed by atoms with E-state index < -0.39 is 0 Å². The molecule has 0 amide bonds. The van der Waals surface area contributed by atoms with E-state index in [4.69, 9.17) is 0 Å². The summed E-state index contributed by atoms with van der Waals surface area (Å²) in [5, 5.41) is 3.31. The highest BCUT2D eigenvalue weighted by Gasteiger charge is 2.10. The van der Waals surface area contributed by atoms with Gasteiger partial charge in [-0.05, 0) is 18.4 Å². The largest absolute Gasteiger partial charge is 0.312 e. The SMILES string of the molecule is CCCn1c(C(C)C)ccc(CNC(C)C)c1=O. The van der Waals surface area contributed by atoms with Crippen LogP contribution < -0.4 is 10.9 Å². The molecule has 1 rings (SSSR count). The number of hydrogen-bond donors (Lipinski definition) is 1. The van der Waals surface area contributed by atoms with E-state index in [9.17, 15) is 4.79 Å². The molecule has 1 aromatic rings. The molecule has 1 heterocycles. The van der Waals surface area contributed by atoms with Crippen LogP contribution >= 0.6 is 0 Å². The van der Waals surface area contributed by atoms with Crippen LogP contribution in [-0.2, 0) is 13.1 Å². The molecule has 1 aromatic heterocycles. The van der Waals surface area contributed by atoms with Crippen molar-refractivity contribution in [2.75, 3.05) is 0 Å². The molecule has 0 fully saturated rings. The molecule has 102 valence electrons. The molecule has 0 aliphatic heterocycles. The Labute approximate surface area is 110 Å². The van der Waals surface area contributed by atoms with Crippen LogP contribution in [0.5, 0.6) is 0 Å². The summed E-state index contributed by atoms with van der Waals surface area (Å²) >= 11 is 0. The zero-order chi connectivity index (χ0) is 13.7. The molecule has 0 atom stereocenters. The maximum atomic E-state index is 12.4. The Morgan fingerprint density at radius 3 is 2.39 bits per heavy atom. The third-order valence-electron chi connectivity index (χ3n) is 3.03. The van der Waals surface area contributed by atoms with Crippen LogP contribution in [0.1, 0.15) is 58.2 Å². The smallest absolute Gasteiger partial charge is 0.255 e. The van der Waals surface area contributed by atoms with Gasteiger partial charge in [0.15, 0.2) is 0 Å². The average Bonchev–Trinajstić information content (AvgIpc) is 2.29. The second kappa shape index (κ2) is 6.74. The third-order valence-corrected chi connectivity index (χ3v) is 3.03. The summed E-state index contributed by atoms with van der Waals surface area (Å²) in [5.41, 5.74) is 2.16. The van der Waals surface area contributed by atoms with Gasteiger partial charge in [0.25, 0.3) is 5.56 Å². The number of pyridine rings is 1. The standard InChI is InChI=1S/C15H26N2O/c1-6-9-17-14(11(2)3)8-7-13(15(17)18)10-16-12(4)5/h7-8,11-12,16H,6,9-10H2,1-5H3.